The van der Waals surface area contributed by atoms with Crippen molar-refractivity contribution >= 4 is 17.7 Å². The van der Waals surface area contributed by atoms with Crippen LogP contribution in [0.25, 0.3) is 0 Å². The molecule has 3 rings (SSSR count). The zero-order chi connectivity index (χ0) is 19.2. The number of halogens is 1. The summed E-state index contributed by atoms with van der Waals surface area (Å²) < 4.78 is 30.5. The number of hydrogen-bond donors (Lipinski definition) is 2. The molecular formula is C18H24FN3O5. The Hall–Kier alpha value is -2.39. The summed E-state index contributed by atoms with van der Waals surface area (Å²) in [5.41, 5.74) is 0.378. The summed E-state index contributed by atoms with van der Waals surface area (Å²) in [7, 11) is 0. The number of nitrogens with zero attached hydrogens (tertiary/aromatic N) is 1. The smallest absolute Gasteiger partial charge is 0.414 e. The monoisotopic (exact) mass is 381 g/mol. The highest BCUT2D eigenvalue weighted by Crippen LogP contribution is 2.27. The number of rotatable bonds is 8. The van der Waals surface area contributed by atoms with E-state index in [9.17, 15) is 14.0 Å². The van der Waals surface area contributed by atoms with E-state index in [-0.39, 0.29) is 37.5 Å². The van der Waals surface area contributed by atoms with E-state index >= 15 is 0 Å². The van der Waals surface area contributed by atoms with E-state index in [0.29, 0.717) is 12.3 Å². The first-order chi connectivity index (χ1) is 13.0. The molecule has 2 fully saturated rings. The molecule has 1 aromatic rings. The normalized spacial score (nSPS) is 22.0. The van der Waals surface area contributed by atoms with Crippen LogP contribution in [0.15, 0.2) is 18.2 Å². The minimum Gasteiger partial charge on any atom is -0.488 e. The van der Waals surface area contributed by atoms with E-state index in [1.165, 1.54) is 24.0 Å². The molecule has 2 unspecified atom stereocenters. The SMILES string of the molecule is CC(=O)NCC1CN(c2ccc(OCCOC3CCNC3)c(F)c2)C(=O)O1. The third-order valence-electron chi connectivity index (χ3n) is 4.39. The molecule has 1 aromatic carbocycles. The molecule has 0 spiro atoms. The van der Waals surface area contributed by atoms with E-state index in [1.54, 1.807) is 6.07 Å². The van der Waals surface area contributed by atoms with Crippen LogP contribution in [0.4, 0.5) is 14.9 Å². The number of cyclic esters (lactones) is 1. The predicted octanol–water partition coefficient (Wildman–Crippen LogP) is 1.04. The lowest BCUT2D eigenvalue weighted by molar-refractivity contribution is -0.119. The quantitative estimate of drug-likeness (QED) is 0.655. The first kappa shape index (κ1) is 19.4. The van der Waals surface area contributed by atoms with Gasteiger partial charge in [-0.05, 0) is 25.1 Å². The third-order valence-corrected chi connectivity index (χ3v) is 4.39. The van der Waals surface area contributed by atoms with Gasteiger partial charge in [-0.15, -0.1) is 0 Å². The van der Waals surface area contributed by atoms with Crippen LogP contribution in [0.5, 0.6) is 5.75 Å². The number of nitrogens with one attached hydrogen (secondary N) is 2. The van der Waals surface area contributed by atoms with Crippen LogP contribution in [-0.4, -0.2) is 63.6 Å². The Morgan fingerprint density at radius 1 is 1.44 bits per heavy atom. The third kappa shape index (κ3) is 5.30. The summed E-state index contributed by atoms with van der Waals surface area (Å²) in [6.07, 6.45) is 0.116. The molecule has 0 radical (unpaired) electrons. The van der Waals surface area contributed by atoms with Crippen LogP contribution in [0.3, 0.4) is 0 Å². The van der Waals surface area contributed by atoms with E-state index in [2.05, 4.69) is 10.6 Å². The molecule has 2 aliphatic heterocycles. The zero-order valence-corrected chi connectivity index (χ0v) is 15.2. The largest absolute Gasteiger partial charge is 0.488 e. The fourth-order valence-electron chi connectivity index (χ4n) is 3.01. The van der Waals surface area contributed by atoms with Crippen molar-refractivity contribution in [3.8, 4) is 5.75 Å². The molecule has 0 aromatic heterocycles. The van der Waals surface area contributed by atoms with Gasteiger partial charge in [0.2, 0.25) is 5.91 Å². The van der Waals surface area contributed by atoms with Crippen molar-refractivity contribution in [3.63, 3.8) is 0 Å². The summed E-state index contributed by atoms with van der Waals surface area (Å²) in [4.78, 5) is 24.3. The molecule has 148 valence electrons. The highest BCUT2D eigenvalue weighted by molar-refractivity contribution is 5.89. The Morgan fingerprint density at radius 2 is 2.30 bits per heavy atom. The van der Waals surface area contributed by atoms with Crippen LogP contribution < -0.4 is 20.3 Å². The zero-order valence-electron chi connectivity index (χ0n) is 15.2. The molecule has 2 N–H and O–H groups in total. The van der Waals surface area contributed by atoms with Crippen molar-refractivity contribution in [2.24, 2.45) is 0 Å². The standard InChI is InChI=1S/C18H24FN3O5/c1-12(23)21-10-15-11-22(18(24)27-15)13-2-3-17(16(19)8-13)26-7-6-25-14-4-5-20-9-14/h2-3,8,14-15,20H,4-7,9-11H2,1H3,(H,21,23). The Kier molecular flexibility index (Phi) is 6.46. The first-order valence-corrected chi connectivity index (χ1v) is 9.00. The maximum atomic E-state index is 14.3. The number of hydrogen-bond acceptors (Lipinski definition) is 6. The number of amides is 2. The number of benzene rings is 1. The molecular weight excluding hydrogens is 357 g/mol. The Bertz CT molecular complexity index is 681. The second-order valence-electron chi connectivity index (χ2n) is 6.50. The van der Waals surface area contributed by atoms with Crippen LogP contribution in [0, 0.1) is 5.82 Å². The molecule has 0 aliphatic carbocycles. The minimum absolute atomic E-state index is 0.106. The molecule has 2 heterocycles. The van der Waals surface area contributed by atoms with Gasteiger partial charge in [0.05, 0.1) is 31.5 Å². The summed E-state index contributed by atoms with van der Waals surface area (Å²) in [5, 5.41) is 5.80. The average Bonchev–Trinajstić information content (AvgIpc) is 3.27. The first-order valence-electron chi connectivity index (χ1n) is 9.00. The van der Waals surface area contributed by atoms with Gasteiger partial charge in [0, 0.05) is 19.5 Å². The lowest BCUT2D eigenvalue weighted by atomic mass is 10.2. The second kappa shape index (κ2) is 9.01. The van der Waals surface area contributed by atoms with Crippen LogP contribution >= 0.6 is 0 Å². The van der Waals surface area contributed by atoms with E-state index in [4.69, 9.17) is 14.2 Å². The molecule has 0 saturated carbocycles. The van der Waals surface area contributed by atoms with Gasteiger partial charge in [-0.3, -0.25) is 9.69 Å². The van der Waals surface area contributed by atoms with Gasteiger partial charge in [-0.1, -0.05) is 0 Å². The molecule has 9 heteroatoms. The average molecular weight is 381 g/mol. The highest BCUT2D eigenvalue weighted by atomic mass is 19.1. The summed E-state index contributed by atoms with van der Waals surface area (Å²) in [6.45, 7) is 4.26. The van der Waals surface area contributed by atoms with Gasteiger partial charge in [0.1, 0.15) is 12.7 Å². The van der Waals surface area contributed by atoms with Crippen molar-refractivity contribution in [2.75, 3.05) is 44.3 Å². The number of ether oxygens (including phenoxy) is 3. The number of anilines is 1. The fourth-order valence-corrected chi connectivity index (χ4v) is 3.01. The van der Waals surface area contributed by atoms with Crippen LogP contribution in [0.2, 0.25) is 0 Å². The fraction of sp³-hybridized carbons (Fsp3) is 0.556. The Labute approximate surface area is 156 Å². The van der Waals surface area contributed by atoms with E-state index in [1.807, 2.05) is 0 Å². The molecule has 0 bridgehead atoms. The lowest BCUT2D eigenvalue weighted by Crippen LogP contribution is -2.33. The maximum absolute atomic E-state index is 14.3. The Balaban J connectivity index is 1.50. The number of carbonyl (C=O) groups excluding carboxylic acids is 2. The van der Waals surface area contributed by atoms with Gasteiger partial charge in [-0.25, -0.2) is 9.18 Å². The van der Waals surface area contributed by atoms with E-state index in [0.717, 1.165) is 19.5 Å². The van der Waals surface area contributed by atoms with Gasteiger partial charge >= 0.3 is 6.09 Å². The summed E-state index contributed by atoms with van der Waals surface area (Å²) in [5.74, 6) is -0.660. The van der Waals surface area contributed by atoms with Crippen molar-refractivity contribution < 1.29 is 28.2 Å². The lowest BCUT2D eigenvalue weighted by Gasteiger charge is -2.15. The van der Waals surface area contributed by atoms with Crippen molar-refractivity contribution in [2.45, 2.75) is 25.6 Å². The van der Waals surface area contributed by atoms with Crippen LogP contribution in [0.1, 0.15) is 13.3 Å². The highest BCUT2D eigenvalue weighted by Gasteiger charge is 2.32. The molecule has 2 atom stereocenters. The molecule has 8 nitrogen and oxygen atoms in total. The van der Waals surface area contributed by atoms with Crippen molar-refractivity contribution in [1.82, 2.24) is 10.6 Å². The van der Waals surface area contributed by atoms with E-state index < -0.39 is 18.0 Å². The minimum atomic E-state index is -0.572. The van der Waals surface area contributed by atoms with Crippen molar-refractivity contribution in [3.05, 3.63) is 24.0 Å². The number of carbonyl (C=O) groups is 2. The predicted molar refractivity (Wildman–Crippen MR) is 95.4 cm³/mol. The summed E-state index contributed by atoms with van der Waals surface area (Å²) in [6, 6.07) is 4.32. The molecule has 2 saturated heterocycles. The molecule has 2 aliphatic rings. The van der Waals surface area contributed by atoms with Gasteiger partial charge < -0.3 is 24.8 Å². The van der Waals surface area contributed by atoms with Gasteiger partial charge in [-0.2, -0.15) is 0 Å². The summed E-state index contributed by atoms with van der Waals surface area (Å²) >= 11 is 0. The molecule has 2 amide bonds. The van der Waals surface area contributed by atoms with Crippen molar-refractivity contribution in [1.29, 1.82) is 0 Å². The Morgan fingerprint density at radius 3 is 3.00 bits per heavy atom. The second-order valence-corrected chi connectivity index (χ2v) is 6.50. The van der Waals surface area contributed by atoms with Gasteiger partial charge in [0.25, 0.3) is 0 Å². The van der Waals surface area contributed by atoms with Gasteiger partial charge in [0.15, 0.2) is 11.6 Å². The topological polar surface area (TPSA) is 89.1 Å². The van der Waals surface area contributed by atoms with Crippen LogP contribution in [-0.2, 0) is 14.3 Å². The molecule has 27 heavy (non-hydrogen) atoms. The maximum Gasteiger partial charge on any atom is 0.414 e.